The molecule has 5 nitrogen and oxygen atoms in total. The number of pyridine rings is 1. The maximum absolute atomic E-state index is 10.7. The first-order valence-electron chi connectivity index (χ1n) is 4.13. The molecule has 74 valence electrons. The Morgan fingerprint density at radius 1 is 1.64 bits per heavy atom. The molecule has 2 rings (SSSR count). The first-order valence-corrected chi connectivity index (χ1v) is 4.92. The smallest absolute Gasteiger partial charge is 0.315 e. The van der Waals surface area contributed by atoms with Gasteiger partial charge in [-0.25, -0.2) is 4.98 Å². The zero-order valence-electron chi connectivity index (χ0n) is 7.14. The lowest BCUT2D eigenvalue weighted by Gasteiger charge is -2.03. The zero-order valence-corrected chi connectivity index (χ0v) is 8.73. The Morgan fingerprint density at radius 3 is 2.93 bits per heavy atom. The summed E-state index contributed by atoms with van der Waals surface area (Å²) >= 11 is 3.08. The van der Waals surface area contributed by atoms with Crippen LogP contribution in [0.2, 0.25) is 0 Å². The molecule has 0 spiro atoms. The van der Waals surface area contributed by atoms with Gasteiger partial charge in [-0.15, -0.1) is 0 Å². The summed E-state index contributed by atoms with van der Waals surface area (Å²) in [6.45, 7) is 0. The van der Waals surface area contributed by atoms with Gasteiger partial charge in [0.05, 0.1) is 23.3 Å². The molecule has 0 aliphatic heterocycles. The number of halogens is 1. The van der Waals surface area contributed by atoms with Crippen LogP contribution >= 0.6 is 15.9 Å². The van der Waals surface area contributed by atoms with Gasteiger partial charge in [-0.2, -0.15) is 0 Å². The van der Waals surface area contributed by atoms with Crippen molar-refractivity contribution in [1.82, 2.24) is 4.98 Å². The summed E-state index contributed by atoms with van der Waals surface area (Å²) in [5.41, 5.74) is -0.0428. The Hall–Kier alpha value is -1.17. The Balaban J connectivity index is 2.31. The molecule has 0 saturated heterocycles. The molecule has 0 atom stereocenters. The van der Waals surface area contributed by atoms with E-state index >= 15 is 0 Å². The number of aromatic nitrogens is 1. The second-order valence-corrected chi connectivity index (χ2v) is 3.86. The minimum atomic E-state index is -0.468. The van der Waals surface area contributed by atoms with Crippen molar-refractivity contribution in [2.45, 2.75) is 18.9 Å². The van der Waals surface area contributed by atoms with Crippen molar-refractivity contribution in [2.24, 2.45) is 0 Å². The van der Waals surface area contributed by atoms with E-state index < -0.39 is 4.92 Å². The summed E-state index contributed by atoms with van der Waals surface area (Å²) in [5, 5.41) is 10.7. The normalized spacial score (nSPS) is 15.2. The number of hydrogen-bond donors (Lipinski definition) is 0. The summed E-state index contributed by atoms with van der Waals surface area (Å²) in [6, 6.07) is 1.34. The van der Waals surface area contributed by atoms with Crippen LogP contribution < -0.4 is 4.74 Å². The summed E-state index contributed by atoms with van der Waals surface area (Å²) in [6.07, 6.45) is 3.44. The fraction of sp³-hybridized carbons (Fsp3) is 0.375. The van der Waals surface area contributed by atoms with Crippen LogP contribution in [0.1, 0.15) is 12.8 Å². The van der Waals surface area contributed by atoms with Crippen LogP contribution in [0.25, 0.3) is 0 Å². The molecule has 1 aliphatic carbocycles. The molecule has 1 aliphatic rings. The van der Waals surface area contributed by atoms with Crippen molar-refractivity contribution in [2.75, 3.05) is 0 Å². The third kappa shape index (κ3) is 2.01. The van der Waals surface area contributed by atoms with Crippen LogP contribution in [-0.4, -0.2) is 16.0 Å². The second kappa shape index (κ2) is 3.53. The minimum Gasteiger partial charge on any atom is -0.482 e. The predicted molar refractivity (Wildman–Crippen MR) is 52.2 cm³/mol. The number of ether oxygens (including phenoxy) is 1. The monoisotopic (exact) mass is 258 g/mol. The minimum absolute atomic E-state index is 0.0428. The van der Waals surface area contributed by atoms with Crippen LogP contribution in [0.15, 0.2) is 16.9 Å². The van der Waals surface area contributed by atoms with Crippen LogP contribution in [-0.2, 0) is 0 Å². The molecule has 1 heterocycles. The summed E-state index contributed by atoms with van der Waals surface area (Å²) in [4.78, 5) is 14.1. The van der Waals surface area contributed by atoms with Gasteiger partial charge in [0.15, 0.2) is 0 Å². The molecule has 0 radical (unpaired) electrons. The average molecular weight is 259 g/mol. The molecule has 0 N–H and O–H groups in total. The molecule has 1 fully saturated rings. The van der Waals surface area contributed by atoms with Gasteiger partial charge in [0.2, 0.25) is 5.75 Å². The van der Waals surface area contributed by atoms with Crippen molar-refractivity contribution in [3.8, 4) is 5.75 Å². The van der Waals surface area contributed by atoms with Gasteiger partial charge in [-0.05, 0) is 28.8 Å². The molecular formula is C8H7BrN2O3. The van der Waals surface area contributed by atoms with Crippen LogP contribution in [0.3, 0.4) is 0 Å². The van der Waals surface area contributed by atoms with Crippen molar-refractivity contribution in [1.29, 1.82) is 0 Å². The predicted octanol–water partition coefficient (Wildman–Crippen LogP) is 2.29. The lowest BCUT2D eigenvalue weighted by Crippen LogP contribution is -2.00. The molecule has 14 heavy (non-hydrogen) atoms. The van der Waals surface area contributed by atoms with Crippen molar-refractivity contribution in [3.05, 3.63) is 27.0 Å². The summed E-state index contributed by atoms with van der Waals surface area (Å²) in [5.74, 6) is 0.251. The standard InChI is InChI=1S/C8H7BrN2O3/c9-8-3-6(11(12)13)7(4-10-8)14-5-1-2-5/h3-5H,1-2H2. The molecule has 1 saturated carbocycles. The third-order valence-electron chi connectivity index (χ3n) is 1.83. The Labute approximate surface area is 88.4 Å². The molecular weight excluding hydrogens is 252 g/mol. The van der Waals surface area contributed by atoms with Gasteiger partial charge in [0.25, 0.3) is 0 Å². The highest BCUT2D eigenvalue weighted by Gasteiger charge is 2.27. The zero-order chi connectivity index (χ0) is 10.1. The van der Waals surface area contributed by atoms with Gasteiger partial charge in [0.1, 0.15) is 4.60 Å². The Kier molecular flexibility index (Phi) is 2.37. The summed E-state index contributed by atoms with van der Waals surface area (Å²) in [7, 11) is 0. The maximum Gasteiger partial charge on any atom is 0.315 e. The van der Waals surface area contributed by atoms with E-state index in [0.717, 1.165) is 12.8 Å². The highest BCUT2D eigenvalue weighted by atomic mass is 79.9. The molecule has 0 amide bonds. The fourth-order valence-electron chi connectivity index (χ4n) is 1.01. The van der Waals surface area contributed by atoms with E-state index in [2.05, 4.69) is 20.9 Å². The van der Waals surface area contributed by atoms with Crippen molar-refractivity contribution in [3.63, 3.8) is 0 Å². The first kappa shape index (κ1) is 9.39. The Morgan fingerprint density at radius 2 is 2.36 bits per heavy atom. The molecule has 0 unspecified atom stereocenters. The quantitative estimate of drug-likeness (QED) is 0.474. The van der Waals surface area contributed by atoms with Gasteiger partial charge < -0.3 is 4.74 Å². The van der Waals surface area contributed by atoms with Crippen LogP contribution in [0.5, 0.6) is 5.75 Å². The molecule has 0 aromatic carbocycles. The van der Waals surface area contributed by atoms with E-state index in [0.29, 0.717) is 4.60 Å². The lowest BCUT2D eigenvalue weighted by molar-refractivity contribution is -0.386. The van der Waals surface area contributed by atoms with Crippen molar-refractivity contribution < 1.29 is 9.66 Å². The third-order valence-corrected chi connectivity index (χ3v) is 2.26. The van der Waals surface area contributed by atoms with Gasteiger partial charge >= 0.3 is 5.69 Å². The lowest BCUT2D eigenvalue weighted by atomic mass is 10.4. The number of nitrogens with zero attached hydrogens (tertiary/aromatic N) is 2. The largest absolute Gasteiger partial charge is 0.482 e. The van der Waals surface area contributed by atoms with E-state index in [1.807, 2.05) is 0 Å². The topological polar surface area (TPSA) is 65.3 Å². The number of nitro groups is 1. The molecule has 6 heteroatoms. The van der Waals surface area contributed by atoms with E-state index in [4.69, 9.17) is 4.74 Å². The van der Waals surface area contributed by atoms with E-state index in [9.17, 15) is 10.1 Å². The highest BCUT2D eigenvalue weighted by molar-refractivity contribution is 9.10. The van der Waals surface area contributed by atoms with Gasteiger partial charge in [-0.3, -0.25) is 10.1 Å². The van der Waals surface area contributed by atoms with E-state index in [-0.39, 0.29) is 17.5 Å². The molecule has 0 bridgehead atoms. The molecule has 1 aromatic rings. The Bertz CT molecular complexity index is 379. The highest BCUT2D eigenvalue weighted by Crippen LogP contribution is 2.33. The van der Waals surface area contributed by atoms with Crippen LogP contribution in [0.4, 0.5) is 5.69 Å². The SMILES string of the molecule is O=[N+]([O-])c1cc(Br)ncc1OC1CC1. The van der Waals surface area contributed by atoms with E-state index in [1.54, 1.807) is 0 Å². The summed E-state index contributed by atoms with van der Waals surface area (Å²) < 4.78 is 5.79. The fourth-order valence-corrected chi connectivity index (χ4v) is 1.33. The maximum atomic E-state index is 10.7. The number of rotatable bonds is 3. The number of hydrogen-bond acceptors (Lipinski definition) is 4. The van der Waals surface area contributed by atoms with Crippen molar-refractivity contribution >= 4 is 21.6 Å². The van der Waals surface area contributed by atoms with Crippen LogP contribution in [0, 0.1) is 10.1 Å². The van der Waals surface area contributed by atoms with Gasteiger partial charge in [0, 0.05) is 0 Å². The van der Waals surface area contributed by atoms with Gasteiger partial charge in [-0.1, -0.05) is 0 Å². The first-order chi connectivity index (χ1) is 6.66. The average Bonchev–Trinajstić information content (AvgIpc) is 2.91. The van der Waals surface area contributed by atoms with E-state index in [1.165, 1.54) is 12.3 Å². The second-order valence-electron chi connectivity index (χ2n) is 3.05. The molecule has 1 aromatic heterocycles.